The summed E-state index contributed by atoms with van der Waals surface area (Å²) in [4.78, 5) is 10.3. The molecule has 0 aliphatic heterocycles. The first-order chi connectivity index (χ1) is 13.5. The number of alkyl halides is 3. The van der Waals surface area contributed by atoms with E-state index in [2.05, 4.69) is 8.37 Å². The van der Waals surface area contributed by atoms with Gasteiger partial charge in [-0.2, -0.15) is 21.6 Å². The van der Waals surface area contributed by atoms with Crippen LogP contribution in [0, 0.1) is 0 Å². The van der Waals surface area contributed by atoms with Gasteiger partial charge in [0, 0.05) is 0 Å². The van der Waals surface area contributed by atoms with Gasteiger partial charge in [-0.05, 0) is 54.3 Å². The van der Waals surface area contributed by atoms with Crippen molar-refractivity contribution in [3.63, 3.8) is 0 Å². The number of rotatable bonds is 7. The molecule has 0 saturated carbocycles. The SMILES string of the molecule is O=C(O)COS(=O)(=O)Oc1ccc(O[C@@H]2CCc3c2cccc3C(F)(F)F)cc1. The first kappa shape index (κ1) is 20.9. The molecular weight excluding hydrogens is 417 g/mol. The van der Waals surface area contributed by atoms with Crippen molar-refractivity contribution >= 4 is 16.4 Å². The maximum Gasteiger partial charge on any atom is 0.449 e. The lowest BCUT2D eigenvalue weighted by atomic mass is 10.0. The second-order valence-corrected chi connectivity index (χ2v) is 7.35. The molecule has 0 spiro atoms. The number of benzene rings is 2. The number of ether oxygens (including phenoxy) is 1. The van der Waals surface area contributed by atoms with E-state index >= 15 is 0 Å². The van der Waals surface area contributed by atoms with E-state index < -0.39 is 40.8 Å². The molecule has 156 valence electrons. The molecule has 0 unspecified atom stereocenters. The standard InChI is InChI=1S/C18H15F3O7S/c19-18(20,21)15-3-1-2-14-13(15)8-9-16(14)27-11-4-6-12(7-5-11)28-29(24,25)26-10-17(22)23/h1-7,16H,8-10H2,(H,22,23)/t16-/m1/s1. The molecule has 7 nitrogen and oxygen atoms in total. The summed E-state index contributed by atoms with van der Waals surface area (Å²) >= 11 is 0. The number of carbonyl (C=O) groups is 1. The molecule has 0 fully saturated rings. The maximum atomic E-state index is 13.1. The van der Waals surface area contributed by atoms with E-state index in [0.29, 0.717) is 17.7 Å². The third kappa shape index (κ3) is 5.18. The summed E-state index contributed by atoms with van der Waals surface area (Å²) in [5.74, 6) is -1.32. The van der Waals surface area contributed by atoms with Crippen molar-refractivity contribution in [3.8, 4) is 11.5 Å². The summed E-state index contributed by atoms with van der Waals surface area (Å²) in [5, 5.41) is 8.42. The lowest BCUT2D eigenvalue weighted by Crippen LogP contribution is -2.18. The Labute approximate surface area is 164 Å². The largest absolute Gasteiger partial charge is 0.486 e. The molecule has 2 aromatic carbocycles. The first-order valence-corrected chi connectivity index (χ1v) is 9.65. The highest BCUT2D eigenvalue weighted by atomic mass is 32.3. The van der Waals surface area contributed by atoms with Gasteiger partial charge in [0.15, 0.2) is 6.61 Å². The molecule has 0 amide bonds. The average Bonchev–Trinajstić information content (AvgIpc) is 3.04. The minimum absolute atomic E-state index is 0.145. The zero-order valence-electron chi connectivity index (χ0n) is 14.7. The third-order valence-electron chi connectivity index (χ3n) is 4.15. The first-order valence-electron chi connectivity index (χ1n) is 8.31. The Balaban J connectivity index is 1.69. The molecule has 1 aliphatic carbocycles. The molecule has 1 atom stereocenters. The van der Waals surface area contributed by atoms with E-state index in [1.807, 2.05) is 0 Å². The van der Waals surface area contributed by atoms with Gasteiger partial charge in [-0.25, -0.2) is 8.98 Å². The normalized spacial score (nSPS) is 16.3. The number of aliphatic carboxylic acids is 1. The van der Waals surface area contributed by atoms with Gasteiger partial charge in [0.1, 0.15) is 17.6 Å². The molecular formula is C18H15F3O7S. The van der Waals surface area contributed by atoms with Crippen LogP contribution in [0.4, 0.5) is 13.2 Å². The fraction of sp³-hybridized carbons (Fsp3) is 0.278. The van der Waals surface area contributed by atoms with Crippen LogP contribution in [-0.4, -0.2) is 26.1 Å². The summed E-state index contributed by atoms with van der Waals surface area (Å²) in [5.41, 5.74) is 0.00726. The van der Waals surface area contributed by atoms with Gasteiger partial charge in [0.2, 0.25) is 0 Å². The zero-order valence-corrected chi connectivity index (χ0v) is 15.5. The Hall–Kier alpha value is -2.79. The van der Waals surface area contributed by atoms with Crippen molar-refractivity contribution in [2.24, 2.45) is 0 Å². The highest BCUT2D eigenvalue weighted by Crippen LogP contribution is 2.42. The fourth-order valence-electron chi connectivity index (χ4n) is 3.01. The summed E-state index contributed by atoms with van der Waals surface area (Å²) < 4.78 is 76.8. The maximum absolute atomic E-state index is 13.1. The molecule has 1 N–H and O–H groups in total. The fourth-order valence-corrected chi connectivity index (χ4v) is 3.65. The van der Waals surface area contributed by atoms with Gasteiger partial charge in [-0.3, -0.25) is 0 Å². The molecule has 0 aromatic heterocycles. The van der Waals surface area contributed by atoms with Crippen LogP contribution in [0.25, 0.3) is 0 Å². The van der Waals surface area contributed by atoms with Gasteiger partial charge < -0.3 is 14.0 Å². The smallest absolute Gasteiger partial charge is 0.449 e. The van der Waals surface area contributed by atoms with Crippen molar-refractivity contribution in [1.82, 2.24) is 0 Å². The van der Waals surface area contributed by atoms with E-state index in [1.54, 1.807) is 6.07 Å². The second-order valence-electron chi connectivity index (χ2n) is 6.14. The number of halogens is 3. The van der Waals surface area contributed by atoms with Crippen LogP contribution in [0.1, 0.15) is 29.2 Å². The van der Waals surface area contributed by atoms with Crippen LogP contribution < -0.4 is 8.92 Å². The van der Waals surface area contributed by atoms with Crippen LogP contribution in [0.2, 0.25) is 0 Å². The highest BCUT2D eigenvalue weighted by Gasteiger charge is 2.37. The van der Waals surface area contributed by atoms with Crippen molar-refractivity contribution in [3.05, 3.63) is 59.2 Å². The van der Waals surface area contributed by atoms with E-state index in [1.165, 1.54) is 30.3 Å². The molecule has 29 heavy (non-hydrogen) atoms. The van der Waals surface area contributed by atoms with E-state index in [4.69, 9.17) is 9.84 Å². The van der Waals surface area contributed by atoms with Crippen LogP contribution in [0.3, 0.4) is 0 Å². The van der Waals surface area contributed by atoms with Crippen molar-refractivity contribution < 1.29 is 44.6 Å². The number of fused-ring (bicyclic) bond motifs is 1. The van der Waals surface area contributed by atoms with Crippen LogP contribution in [-0.2, 0) is 32.0 Å². The minimum atomic E-state index is -4.55. The Morgan fingerprint density at radius 3 is 2.38 bits per heavy atom. The van der Waals surface area contributed by atoms with Gasteiger partial charge in [0.05, 0.1) is 5.56 Å². The summed E-state index contributed by atoms with van der Waals surface area (Å²) in [6.45, 7) is -1.08. The van der Waals surface area contributed by atoms with Crippen molar-refractivity contribution in [2.75, 3.05) is 6.61 Å². The number of hydrogen-bond donors (Lipinski definition) is 1. The van der Waals surface area contributed by atoms with Crippen LogP contribution >= 0.6 is 0 Å². The Bertz CT molecular complexity index is 1000. The van der Waals surface area contributed by atoms with E-state index in [9.17, 15) is 26.4 Å². The number of hydrogen-bond acceptors (Lipinski definition) is 6. The van der Waals surface area contributed by atoms with Crippen molar-refractivity contribution in [2.45, 2.75) is 25.1 Å². The second kappa shape index (κ2) is 7.91. The summed E-state index contributed by atoms with van der Waals surface area (Å²) in [6, 6.07) is 9.23. The van der Waals surface area contributed by atoms with Crippen LogP contribution in [0.5, 0.6) is 11.5 Å². The quantitative estimate of drug-likeness (QED) is 0.715. The molecule has 1 aliphatic rings. The van der Waals surface area contributed by atoms with Gasteiger partial charge in [-0.15, -0.1) is 0 Å². The molecule has 0 saturated heterocycles. The van der Waals surface area contributed by atoms with Crippen molar-refractivity contribution in [1.29, 1.82) is 0 Å². The minimum Gasteiger partial charge on any atom is -0.486 e. The molecule has 3 rings (SSSR count). The zero-order chi connectivity index (χ0) is 21.2. The predicted molar refractivity (Wildman–Crippen MR) is 92.7 cm³/mol. The Morgan fingerprint density at radius 1 is 1.10 bits per heavy atom. The topological polar surface area (TPSA) is 99.1 Å². The van der Waals surface area contributed by atoms with Crippen LogP contribution in [0.15, 0.2) is 42.5 Å². The van der Waals surface area contributed by atoms with E-state index in [-0.39, 0.29) is 17.7 Å². The average molecular weight is 432 g/mol. The molecule has 0 heterocycles. The highest BCUT2D eigenvalue weighted by molar-refractivity contribution is 7.82. The summed E-state index contributed by atoms with van der Waals surface area (Å²) in [7, 11) is -4.55. The number of carboxylic acid groups (broad SMARTS) is 1. The van der Waals surface area contributed by atoms with Gasteiger partial charge in [0.25, 0.3) is 0 Å². The van der Waals surface area contributed by atoms with Gasteiger partial charge in [-0.1, -0.05) is 12.1 Å². The van der Waals surface area contributed by atoms with Gasteiger partial charge >= 0.3 is 22.5 Å². The molecule has 0 radical (unpaired) electrons. The molecule has 0 bridgehead atoms. The Kier molecular flexibility index (Phi) is 5.71. The Morgan fingerprint density at radius 2 is 1.76 bits per heavy atom. The molecule has 11 heteroatoms. The monoisotopic (exact) mass is 432 g/mol. The predicted octanol–water partition coefficient (Wildman–Crippen LogP) is 3.50. The number of carboxylic acids is 1. The van der Waals surface area contributed by atoms with E-state index in [0.717, 1.165) is 6.07 Å². The third-order valence-corrected chi connectivity index (χ3v) is 4.95. The molecule has 2 aromatic rings. The summed E-state index contributed by atoms with van der Waals surface area (Å²) in [6.07, 6.45) is -4.40. The lowest BCUT2D eigenvalue weighted by molar-refractivity contribution is -0.139. The lowest BCUT2D eigenvalue weighted by Gasteiger charge is -2.16.